The third-order valence-electron chi connectivity index (χ3n) is 5.50. The number of benzene rings is 2. The van der Waals surface area contributed by atoms with Gasteiger partial charge < -0.3 is 18.9 Å². The predicted molar refractivity (Wildman–Crippen MR) is 112 cm³/mol. The molecule has 0 saturated carbocycles. The summed E-state index contributed by atoms with van der Waals surface area (Å²) in [5.74, 6) is 2.85. The van der Waals surface area contributed by atoms with Crippen LogP contribution in [0.25, 0.3) is 11.4 Å². The van der Waals surface area contributed by atoms with Gasteiger partial charge in [-0.25, -0.2) is 0 Å². The molecule has 30 heavy (non-hydrogen) atoms. The second kappa shape index (κ2) is 8.98. The molecule has 0 bridgehead atoms. The maximum atomic E-state index is 13.0. The average molecular weight is 407 g/mol. The molecule has 1 saturated heterocycles. The highest BCUT2D eigenvalue weighted by Crippen LogP contribution is 2.28. The van der Waals surface area contributed by atoms with Crippen molar-refractivity contribution in [3.63, 3.8) is 0 Å². The van der Waals surface area contributed by atoms with Crippen LogP contribution in [0.5, 0.6) is 11.5 Å². The summed E-state index contributed by atoms with van der Waals surface area (Å²) >= 11 is 0. The second-order valence-corrected chi connectivity index (χ2v) is 7.38. The number of ether oxygens (including phenoxy) is 2. The van der Waals surface area contributed by atoms with Crippen LogP contribution in [0.15, 0.2) is 53.1 Å². The van der Waals surface area contributed by atoms with Crippen molar-refractivity contribution < 1.29 is 18.8 Å². The summed E-state index contributed by atoms with van der Waals surface area (Å²) in [7, 11) is 3.15. The Bertz CT molecular complexity index is 995. The number of hydrogen-bond donors (Lipinski definition) is 0. The quantitative estimate of drug-likeness (QED) is 0.618. The molecule has 7 nitrogen and oxygen atoms in total. The molecule has 2 heterocycles. The molecule has 0 atom stereocenters. The number of nitrogens with zero attached hydrogens (tertiary/aromatic N) is 3. The van der Waals surface area contributed by atoms with Crippen LogP contribution in [0.2, 0.25) is 0 Å². The Kier molecular flexibility index (Phi) is 5.97. The standard InChI is InChI=1S/C23H25N3O4/c1-28-18-8-9-19(20(15-18)29-2)23(27)26-12-10-16(11-13-26)14-21-24-22(25-30-21)17-6-4-3-5-7-17/h3-9,15-16H,10-14H2,1-2H3. The first-order valence-electron chi connectivity index (χ1n) is 10.1. The van der Waals surface area contributed by atoms with Crippen molar-refractivity contribution in [1.29, 1.82) is 0 Å². The largest absolute Gasteiger partial charge is 0.497 e. The Hall–Kier alpha value is -3.35. The van der Waals surface area contributed by atoms with Crippen LogP contribution in [-0.2, 0) is 6.42 Å². The Morgan fingerprint density at radius 3 is 2.57 bits per heavy atom. The summed E-state index contributed by atoms with van der Waals surface area (Å²) in [6, 6.07) is 15.1. The Balaban J connectivity index is 1.35. The van der Waals surface area contributed by atoms with Gasteiger partial charge in [-0.1, -0.05) is 35.5 Å². The molecule has 0 aliphatic carbocycles. The highest BCUT2D eigenvalue weighted by atomic mass is 16.5. The van der Waals surface area contributed by atoms with Crippen LogP contribution in [-0.4, -0.2) is 48.3 Å². The zero-order chi connectivity index (χ0) is 20.9. The molecule has 1 aliphatic rings. The normalized spacial score (nSPS) is 14.5. The van der Waals surface area contributed by atoms with Gasteiger partial charge in [-0.15, -0.1) is 0 Å². The maximum absolute atomic E-state index is 13.0. The van der Waals surface area contributed by atoms with E-state index in [0.717, 1.165) is 24.8 Å². The summed E-state index contributed by atoms with van der Waals surface area (Å²) in [5, 5.41) is 4.09. The number of carbonyl (C=O) groups is 1. The summed E-state index contributed by atoms with van der Waals surface area (Å²) in [5.41, 5.74) is 1.50. The Morgan fingerprint density at radius 1 is 1.10 bits per heavy atom. The molecule has 1 aliphatic heterocycles. The van der Waals surface area contributed by atoms with Crippen LogP contribution in [0.3, 0.4) is 0 Å². The molecule has 2 aromatic carbocycles. The zero-order valence-electron chi connectivity index (χ0n) is 17.2. The molecule has 0 spiro atoms. The summed E-state index contributed by atoms with van der Waals surface area (Å²) < 4.78 is 16.0. The van der Waals surface area contributed by atoms with E-state index in [1.54, 1.807) is 32.4 Å². The molecule has 0 radical (unpaired) electrons. The van der Waals surface area contributed by atoms with E-state index in [0.29, 0.717) is 47.8 Å². The van der Waals surface area contributed by atoms with Gasteiger partial charge in [0.05, 0.1) is 19.8 Å². The van der Waals surface area contributed by atoms with E-state index in [1.807, 2.05) is 35.2 Å². The van der Waals surface area contributed by atoms with E-state index in [2.05, 4.69) is 10.1 Å². The first kappa shape index (κ1) is 19.9. The van der Waals surface area contributed by atoms with Gasteiger partial charge in [0.25, 0.3) is 5.91 Å². The van der Waals surface area contributed by atoms with Crippen molar-refractivity contribution in [2.45, 2.75) is 19.3 Å². The molecule has 0 unspecified atom stereocenters. The summed E-state index contributed by atoms with van der Waals surface area (Å²) in [6.45, 7) is 1.39. The third-order valence-corrected chi connectivity index (χ3v) is 5.50. The van der Waals surface area contributed by atoms with Crippen molar-refractivity contribution in [1.82, 2.24) is 15.0 Å². The summed E-state index contributed by atoms with van der Waals surface area (Å²) in [4.78, 5) is 19.4. The minimum Gasteiger partial charge on any atom is -0.497 e. The molecular formula is C23H25N3O4. The minimum atomic E-state index is -0.0166. The number of hydrogen-bond acceptors (Lipinski definition) is 6. The van der Waals surface area contributed by atoms with Crippen LogP contribution in [0, 0.1) is 5.92 Å². The van der Waals surface area contributed by atoms with Gasteiger partial charge in [0, 0.05) is 31.1 Å². The van der Waals surface area contributed by atoms with E-state index >= 15 is 0 Å². The number of rotatable bonds is 6. The highest BCUT2D eigenvalue weighted by Gasteiger charge is 2.27. The number of carbonyl (C=O) groups excluding carboxylic acids is 1. The van der Waals surface area contributed by atoms with E-state index in [1.165, 1.54) is 0 Å². The van der Waals surface area contributed by atoms with Crippen molar-refractivity contribution in [2.75, 3.05) is 27.3 Å². The Morgan fingerprint density at radius 2 is 1.87 bits per heavy atom. The van der Waals surface area contributed by atoms with E-state index < -0.39 is 0 Å². The third kappa shape index (κ3) is 4.30. The van der Waals surface area contributed by atoms with Crippen molar-refractivity contribution in [2.24, 2.45) is 5.92 Å². The Labute approximate surface area is 175 Å². The maximum Gasteiger partial charge on any atom is 0.257 e. The molecule has 156 valence electrons. The van der Waals surface area contributed by atoms with Gasteiger partial charge in [-0.3, -0.25) is 4.79 Å². The number of amides is 1. The topological polar surface area (TPSA) is 77.7 Å². The van der Waals surface area contributed by atoms with E-state index in [4.69, 9.17) is 14.0 Å². The number of methoxy groups -OCH3 is 2. The lowest BCUT2D eigenvalue weighted by Crippen LogP contribution is -2.39. The fourth-order valence-electron chi connectivity index (χ4n) is 3.77. The lowest BCUT2D eigenvalue weighted by molar-refractivity contribution is 0.0684. The smallest absolute Gasteiger partial charge is 0.257 e. The van der Waals surface area contributed by atoms with Gasteiger partial charge in [0.2, 0.25) is 11.7 Å². The van der Waals surface area contributed by atoms with Crippen LogP contribution in [0.4, 0.5) is 0 Å². The fraction of sp³-hybridized carbons (Fsp3) is 0.348. The second-order valence-electron chi connectivity index (χ2n) is 7.38. The lowest BCUT2D eigenvalue weighted by atomic mass is 9.93. The molecule has 4 rings (SSSR count). The lowest BCUT2D eigenvalue weighted by Gasteiger charge is -2.31. The average Bonchev–Trinajstić information content (AvgIpc) is 3.27. The molecule has 3 aromatic rings. The molecule has 7 heteroatoms. The first-order valence-corrected chi connectivity index (χ1v) is 10.1. The van der Waals surface area contributed by atoms with Gasteiger partial charge in [-0.2, -0.15) is 4.98 Å². The van der Waals surface area contributed by atoms with Gasteiger partial charge in [0.1, 0.15) is 11.5 Å². The minimum absolute atomic E-state index is 0.0166. The fourth-order valence-corrected chi connectivity index (χ4v) is 3.77. The van der Waals surface area contributed by atoms with Crippen molar-refractivity contribution in [3.8, 4) is 22.9 Å². The predicted octanol–water partition coefficient (Wildman–Crippen LogP) is 3.85. The van der Waals surface area contributed by atoms with Gasteiger partial charge >= 0.3 is 0 Å². The van der Waals surface area contributed by atoms with E-state index in [-0.39, 0.29) is 5.91 Å². The zero-order valence-corrected chi connectivity index (χ0v) is 17.2. The number of likely N-dealkylation sites (tertiary alicyclic amines) is 1. The van der Waals surface area contributed by atoms with Gasteiger partial charge in [-0.05, 0) is 30.9 Å². The summed E-state index contributed by atoms with van der Waals surface area (Å²) in [6.07, 6.45) is 2.52. The first-order chi connectivity index (χ1) is 14.7. The van der Waals surface area contributed by atoms with Crippen LogP contribution in [0.1, 0.15) is 29.1 Å². The monoisotopic (exact) mass is 407 g/mol. The van der Waals surface area contributed by atoms with Crippen LogP contribution < -0.4 is 9.47 Å². The number of piperidine rings is 1. The molecule has 1 fully saturated rings. The van der Waals surface area contributed by atoms with Crippen molar-refractivity contribution in [3.05, 3.63) is 60.0 Å². The molecule has 0 N–H and O–H groups in total. The molecule has 1 amide bonds. The number of aromatic nitrogens is 2. The van der Waals surface area contributed by atoms with E-state index in [9.17, 15) is 4.79 Å². The SMILES string of the molecule is COc1ccc(C(=O)N2CCC(Cc3nc(-c4ccccc4)no3)CC2)c(OC)c1. The van der Waals surface area contributed by atoms with Crippen molar-refractivity contribution >= 4 is 5.91 Å². The van der Waals surface area contributed by atoms with Crippen LogP contribution >= 0.6 is 0 Å². The highest BCUT2D eigenvalue weighted by molar-refractivity contribution is 5.97. The molecule has 1 aromatic heterocycles. The molecular weight excluding hydrogens is 382 g/mol. The van der Waals surface area contributed by atoms with Gasteiger partial charge in [0.15, 0.2) is 0 Å².